The number of carbonyl (C=O) groups is 1. The van der Waals surface area contributed by atoms with E-state index in [1.54, 1.807) is 4.90 Å². The number of aromatic nitrogens is 1. The average Bonchev–Trinajstić information content (AvgIpc) is 3.26. The molecule has 0 bridgehead atoms. The summed E-state index contributed by atoms with van der Waals surface area (Å²) in [5.74, 6) is 0.742. The van der Waals surface area contributed by atoms with Crippen LogP contribution in [0.25, 0.3) is 0 Å². The SMILES string of the molecule is O=C(N1CCc2ncc(C(F)(F)F)cc2C1)C1(CC2CC2)CCNC1. The second kappa shape index (κ2) is 5.97. The number of rotatable bonds is 3. The van der Waals surface area contributed by atoms with E-state index >= 15 is 0 Å². The number of amides is 1. The Hall–Kier alpha value is -1.63. The summed E-state index contributed by atoms with van der Waals surface area (Å²) in [5.41, 5.74) is 0.101. The molecule has 1 atom stereocenters. The fraction of sp³-hybridized carbons (Fsp3) is 0.667. The van der Waals surface area contributed by atoms with Crippen molar-refractivity contribution in [2.24, 2.45) is 11.3 Å². The lowest BCUT2D eigenvalue weighted by atomic mass is 9.79. The van der Waals surface area contributed by atoms with Crippen LogP contribution in [0.5, 0.6) is 0 Å². The first-order valence-corrected chi connectivity index (χ1v) is 8.92. The van der Waals surface area contributed by atoms with Gasteiger partial charge >= 0.3 is 6.18 Å². The Bertz CT molecular complexity index is 679. The predicted molar refractivity (Wildman–Crippen MR) is 85.6 cm³/mol. The van der Waals surface area contributed by atoms with Crippen LogP contribution in [0.1, 0.15) is 42.5 Å². The molecular weight excluding hydrogens is 331 g/mol. The van der Waals surface area contributed by atoms with Crippen molar-refractivity contribution in [1.82, 2.24) is 15.2 Å². The maximum absolute atomic E-state index is 13.2. The van der Waals surface area contributed by atoms with Crippen LogP contribution in [0.15, 0.2) is 12.3 Å². The van der Waals surface area contributed by atoms with Crippen LogP contribution in [0.2, 0.25) is 0 Å². The van der Waals surface area contributed by atoms with E-state index in [4.69, 9.17) is 0 Å². The van der Waals surface area contributed by atoms with E-state index < -0.39 is 11.7 Å². The van der Waals surface area contributed by atoms with E-state index in [9.17, 15) is 18.0 Å². The Morgan fingerprint density at radius 2 is 2.20 bits per heavy atom. The molecule has 3 heterocycles. The largest absolute Gasteiger partial charge is 0.417 e. The van der Waals surface area contributed by atoms with Crippen molar-refractivity contribution in [2.45, 2.75) is 44.8 Å². The third-order valence-electron chi connectivity index (χ3n) is 5.73. The van der Waals surface area contributed by atoms with E-state index in [1.165, 1.54) is 12.8 Å². The first kappa shape index (κ1) is 16.8. The summed E-state index contributed by atoms with van der Waals surface area (Å²) in [6.07, 6.45) is 1.12. The molecule has 0 radical (unpaired) electrons. The van der Waals surface area contributed by atoms with Crippen LogP contribution in [0.3, 0.4) is 0 Å². The number of fused-ring (bicyclic) bond motifs is 1. The minimum atomic E-state index is -4.41. The zero-order chi connectivity index (χ0) is 17.7. The van der Waals surface area contributed by atoms with Gasteiger partial charge in [-0.25, -0.2) is 0 Å². The normalized spacial score (nSPS) is 26.6. The van der Waals surface area contributed by atoms with Crippen molar-refractivity contribution in [3.63, 3.8) is 0 Å². The number of carbonyl (C=O) groups excluding carboxylic acids is 1. The molecular formula is C18H22F3N3O. The average molecular weight is 353 g/mol. The van der Waals surface area contributed by atoms with Crippen LogP contribution >= 0.6 is 0 Å². The third kappa shape index (κ3) is 3.26. The van der Waals surface area contributed by atoms with Gasteiger partial charge in [0.25, 0.3) is 0 Å². The highest BCUT2D eigenvalue weighted by atomic mass is 19.4. The monoisotopic (exact) mass is 353 g/mol. The van der Waals surface area contributed by atoms with Gasteiger partial charge < -0.3 is 10.2 Å². The maximum atomic E-state index is 13.2. The summed E-state index contributed by atoms with van der Waals surface area (Å²) in [6, 6.07) is 1.15. The topological polar surface area (TPSA) is 45.2 Å². The fourth-order valence-corrected chi connectivity index (χ4v) is 4.15. The number of alkyl halides is 3. The van der Waals surface area contributed by atoms with Crippen LogP contribution < -0.4 is 5.32 Å². The number of halogens is 3. The second-order valence-electron chi connectivity index (χ2n) is 7.66. The molecule has 7 heteroatoms. The van der Waals surface area contributed by atoms with Crippen molar-refractivity contribution in [2.75, 3.05) is 19.6 Å². The van der Waals surface area contributed by atoms with Gasteiger partial charge in [0.1, 0.15) is 0 Å². The second-order valence-corrected chi connectivity index (χ2v) is 7.66. The summed E-state index contributed by atoms with van der Waals surface area (Å²) in [7, 11) is 0. The van der Waals surface area contributed by atoms with Crippen molar-refractivity contribution in [1.29, 1.82) is 0 Å². The van der Waals surface area contributed by atoms with Crippen LogP contribution in [0, 0.1) is 11.3 Å². The number of pyridine rings is 1. The van der Waals surface area contributed by atoms with Gasteiger partial charge in [-0.15, -0.1) is 0 Å². The van der Waals surface area contributed by atoms with Crippen LogP contribution in [0.4, 0.5) is 13.2 Å². The molecule has 4 rings (SSSR count). The number of nitrogens with zero attached hydrogens (tertiary/aromatic N) is 2. The molecule has 25 heavy (non-hydrogen) atoms. The molecule has 1 aromatic rings. The molecule has 1 amide bonds. The molecule has 1 aliphatic carbocycles. The van der Waals surface area contributed by atoms with E-state index in [0.29, 0.717) is 36.7 Å². The molecule has 2 fully saturated rings. The summed E-state index contributed by atoms with van der Waals surface area (Å²) in [5, 5.41) is 3.31. The lowest BCUT2D eigenvalue weighted by molar-refractivity contribution is -0.143. The molecule has 1 aromatic heterocycles. The van der Waals surface area contributed by atoms with Gasteiger partial charge in [0.05, 0.1) is 11.0 Å². The van der Waals surface area contributed by atoms with Gasteiger partial charge in [0, 0.05) is 37.9 Å². The first-order valence-electron chi connectivity index (χ1n) is 8.92. The third-order valence-corrected chi connectivity index (χ3v) is 5.73. The lowest BCUT2D eigenvalue weighted by Crippen LogP contribution is -2.47. The Balaban J connectivity index is 1.55. The molecule has 2 aliphatic heterocycles. The van der Waals surface area contributed by atoms with Crippen LogP contribution in [-0.4, -0.2) is 35.4 Å². The lowest BCUT2D eigenvalue weighted by Gasteiger charge is -2.36. The Labute approximate surface area is 144 Å². The molecule has 1 unspecified atom stereocenters. The summed E-state index contributed by atoms with van der Waals surface area (Å²) in [6.45, 7) is 2.29. The van der Waals surface area contributed by atoms with E-state index in [1.807, 2.05) is 0 Å². The van der Waals surface area contributed by atoms with E-state index in [2.05, 4.69) is 10.3 Å². The van der Waals surface area contributed by atoms with Crippen molar-refractivity contribution < 1.29 is 18.0 Å². The standard InChI is InChI=1S/C18H22F3N3O/c19-18(20,21)14-7-13-10-24(6-3-15(13)23-9-14)16(25)17(4-5-22-11-17)8-12-1-2-12/h7,9,12,22H,1-6,8,10-11H2. The fourth-order valence-electron chi connectivity index (χ4n) is 4.15. The Morgan fingerprint density at radius 3 is 2.84 bits per heavy atom. The van der Waals surface area contributed by atoms with Gasteiger partial charge in [-0.05, 0) is 36.9 Å². The molecule has 1 N–H and O–H groups in total. The highest BCUT2D eigenvalue weighted by molar-refractivity contribution is 5.83. The molecule has 0 aromatic carbocycles. The quantitative estimate of drug-likeness (QED) is 0.909. The molecule has 3 aliphatic rings. The van der Waals surface area contributed by atoms with Gasteiger partial charge in [-0.1, -0.05) is 12.8 Å². The predicted octanol–water partition coefficient (Wildman–Crippen LogP) is 2.76. The minimum Gasteiger partial charge on any atom is -0.337 e. The number of nitrogens with one attached hydrogen (secondary N) is 1. The maximum Gasteiger partial charge on any atom is 0.417 e. The molecule has 1 saturated heterocycles. The van der Waals surface area contributed by atoms with Gasteiger partial charge in [0.2, 0.25) is 5.91 Å². The minimum absolute atomic E-state index is 0.104. The first-order chi connectivity index (χ1) is 11.9. The zero-order valence-corrected chi connectivity index (χ0v) is 14.0. The highest BCUT2D eigenvalue weighted by Gasteiger charge is 2.47. The number of hydrogen-bond donors (Lipinski definition) is 1. The van der Waals surface area contributed by atoms with Gasteiger partial charge in [0.15, 0.2) is 0 Å². The highest BCUT2D eigenvalue weighted by Crippen LogP contribution is 2.44. The van der Waals surface area contributed by atoms with Gasteiger partial charge in [-0.2, -0.15) is 13.2 Å². The Kier molecular flexibility index (Phi) is 4.02. The molecule has 136 valence electrons. The van der Waals surface area contributed by atoms with Crippen molar-refractivity contribution >= 4 is 5.91 Å². The summed E-state index contributed by atoms with van der Waals surface area (Å²) in [4.78, 5) is 19.0. The van der Waals surface area contributed by atoms with Gasteiger partial charge in [-0.3, -0.25) is 9.78 Å². The van der Waals surface area contributed by atoms with Crippen molar-refractivity contribution in [3.8, 4) is 0 Å². The van der Waals surface area contributed by atoms with Crippen molar-refractivity contribution in [3.05, 3.63) is 29.1 Å². The Morgan fingerprint density at radius 1 is 1.40 bits per heavy atom. The molecule has 4 nitrogen and oxygen atoms in total. The zero-order valence-electron chi connectivity index (χ0n) is 14.0. The van der Waals surface area contributed by atoms with E-state index in [-0.39, 0.29) is 17.9 Å². The molecule has 0 spiro atoms. The smallest absolute Gasteiger partial charge is 0.337 e. The molecule has 1 saturated carbocycles. The van der Waals surface area contributed by atoms with E-state index in [0.717, 1.165) is 31.6 Å². The number of hydrogen-bond acceptors (Lipinski definition) is 3. The van der Waals surface area contributed by atoms with Crippen LogP contribution in [-0.2, 0) is 23.9 Å². The summed E-state index contributed by atoms with van der Waals surface area (Å²) < 4.78 is 38.8. The summed E-state index contributed by atoms with van der Waals surface area (Å²) >= 11 is 0.